The molecule has 17 heavy (non-hydrogen) atoms. The number of nitrogens with one attached hydrogen (secondary N) is 1. The van der Waals surface area contributed by atoms with E-state index in [-0.39, 0.29) is 0 Å². The molecule has 0 unspecified atom stereocenters. The number of aromatic amines is 1. The Morgan fingerprint density at radius 3 is 3.18 bits per heavy atom. The molecule has 0 radical (unpaired) electrons. The summed E-state index contributed by atoms with van der Waals surface area (Å²) in [7, 11) is 0. The molecular weight excluding hydrogens is 230 g/mol. The summed E-state index contributed by atoms with van der Waals surface area (Å²) in [5, 5.41) is 2.17. The van der Waals surface area contributed by atoms with Crippen molar-refractivity contribution in [2.75, 3.05) is 6.54 Å². The van der Waals surface area contributed by atoms with Crippen molar-refractivity contribution in [1.82, 2.24) is 9.97 Å². The predicted molar refractivity (Wildman–Crippen MR) is 71.3 cm³/mol. The number of nitrogens with two attached hydrogens (primary N) is 1. The van der Waals surface area contributed by atoms with Gasteiger partial charge in [-0.3, -0.25) is 0 Å². The molecule has 4 heteroatoms. The largest absolute Gasteiger partial charge is 0.345 e. The monoisotopic (exact) mass is 247 g/mol. The molecule has 0 saturated heterocycles. The third-order valence-electron chi connectivity index (χ3n) is 3.30. The van der Waals surface area contributed by atoms with Crippen molar-refractivity contribution in [2.24, 2.45) is 5.73 Å². The van der Waals surface area contributed by atoms with Gasteiger partial charge in [-0.05, 0) is 43.7 Å². The number of imidazole rings is 1. The Balaban J connectivity index is 1.84. The molecule has 0 amide bonds. The molecule has 2 aromatic heterocycles. The van der Waals surface area contributed by atoms with Gasteiger partial charge in [0.2, 0.25) is 0 Å². The van der Waals surface area contributed by atoms with Crippen LogP contribution >= 0.6 is 11.3 Å². The molecule has 0 saturated carbocycles. The van der Waals surface area contributed by atoms with Crippen LogP contribution < -0.4 is 5.73 Å². The molecule has 90 valence electrons. The van der Waals surface area contributed by atoms with Crippen LogP contribution in [0.1, 0.15) is 29.2 Å². The van der Waals surface area contributed by atoms with Crippen molar-refractivity contribution in [1.29, 1.82) is 0 Å². The highest BCUT2D eigenvalue weighted by Crippen LogP contribution is 2.35. The first-order chi connectivity index (χ1) is 8.38. The molecule has 3 nitrogen and oxygen atoms in total. The fraction of sp³-hybridized carbons (Fsp3) is 0.462. The molecule has 0 atom stereocenters. The van der Waals surface area contributed by atoms with Crippen LogP contribution in [0.15, 0.2) is 11.4 Å². The second-order valence-electron chi connectivity index (χ2n) is 4.51. The minimum absolute atomic E-state index is 0.773. The Hall–Kier alpha value is -1.13. The van der Waals surface area contributed by atoms with Gasteiger partial charge in [0.15, 0.2) is 0 Å². The van der Waals surface area contributed by atoms with Crippen molar-refractivity contribution in [3.05, 3.63) is 27.8 Å². The Labute approximate surface area is 105 Å². The SMILES string of the molecule is NCCCCc1nc2c([nH]1)CCc1sccc1-2. The van der Waals surface area contributed by atoms with E-state index in [2.05, 4.69) is 16.4 Å². The topological polar surface area (TPSA) is 54.7 Å². The van der Waals surface area contributed by atoms with Gasteiger partial charge < -0.3 is 10.7 Å². The van der Waals surface area contributed by atoms with Gasteiger partial charge in [0.05, 0.1) is 5.69 Å². The summed E-state index contributed by atoms with van der Waals surface area (Å²) in [5.41, 5.74) is 9.36. The van der Waals surface area contributed by atoms with Crippen LogP contribution in [0, 0.1) is 0 Å². The number of aromatic nitrogens is 2. The third-order valence-corrected chi connectivity index (χ3v) is 4.28. The summed E-state index contributed by atoms with van der Waals surface area (Å²) in [5.74, 6) is 1.13. The number of unbranched alkanes of at least 4 members (excludes halogenated alkanes) is 1. The highest BCUT2D eigenvalue weighted by atomic mass is 32.1. The predicted octanol–water partition coefficient (Wildman–Crippen LogP) is 2.52. The summed E-state index contributed by atoms with van der Waals surface area (Å²) < 4.78 is 0. The molecule has 0 bridgehead atoms. The van der Waals surface area contributed by atoms with Gasteiger partial charge in [-0.1, -0.05) is 0 Å². The summed E-state index contributed by atoms with van der Waals surface area (Å²) in [6.07, 6.45) is 5.48. The first-order valence-corrected chi connectivity index (χ1v) is 7.11. The number of rotatable bonds is 4. The quantitative estimate of drug-likeness (QED) is 0.816. The average molecular weight is 247 g/mol. The molecule has 0 aromatic carbocycles. The van der Waals surface area contributed by atoms with Gasteiger partial charge in [0.1, 0.15) is 5.82 Å². The number of H-pyrrole nitrogens is 1. The van der Waals surface area contributed by atoms with E-state index in [1.54, 1.807) is 0 Å². The Morgan fingerprint density at radius 1 is 1.35 bits per heavy atom. The molecule has 2 aromatic rings. The van der Waals surface area contributed by atoms with E-state index in [0.29, 0.717) is 0 Å². The normalized spacial score (nSPS) is 13.5. The number of thiophene rings is 1. The molecule has 3 N–H and O–H groups in total. The zero-order valence-corrected chi connectivity index (χ0v) is 10.6. The second-order valence-corrected chi connectivity index (χ2v) is 5.51. The Morgan fingerprint density at radius 2 is 2.29 bits per heavy atom. The molecule has 0 fully saturated rings. The van der Waals surface area contributed by atoms with Gasteiger partial charge in [0.25, 0.3) is 0 Å². The van der Waals surface area contributed by atoms with Crippen LogP contribution in [0.3, 0.4) is 0 Å². The minimum atomic E-state index is 0.773. The van der Waals surface area contributed by atoms with Gasteiger partial charge in [-0.25, -0.2) is 4.98 Å². The van der Waals surface area contributed by atoms with Crippen molar-refractivity contribution in [2.45, 2.75) is 32.1 Å². The van der Waals surface area contributed by atoms with Crippen LogP contribution in [-0.4, -0.2) is 16.5 Å². The smallest absolute Gasteiger partial charge is 0.106 e. The van der Waals surface area contributed by atoms with Crippen molar-refractivity contribution in [3.63, 3.8) is 0 Å². The van der Waals surface area contributed by atoms with Crippen LogP contribution in [0.25, 0.3) is 11.3 Å². The zero-order valence-electron chi connectivity index (χ0n) is 9.83. The fourth-order valence-electron chi connectivity index (χ4n) is 2.41. The van der Waals surface area contributed by atoms with Crippen molar-refractivity contribution < 1.29 is 0 Å². The number of fused-ring (bicyclic) bond motifs is 3. The van der Waals surface area contributed by atoms with E-state index in [1.807, 2.05) is 11.3 Å². The molecule has 0 spiro atoms. The molecule has 2 heterocycles. The summed E-state index contributed by atoms with van der Waals surface area (Å²) in [6.45, 7) is 0.773. The summed E-state index contributed by atoms with van der Waals surface area (Å²) >= 11 is 1.85. The number of hydrogen-bond acceptors (Lipinski definition) is 3. The molecule has 0 aliphatic heterocycles. The first-order valence-electron chi connectivity index (χ1n) is 6.23. The van der Waals surface area contributed by atoms with E-state index < -0.39 is 0 Å². The van der Waals surface area contributed by atoms with E-state index in [1.165, 1.54) is 21.8 Å². The second kappa shape index (κ2) is 4.63. The molecule has 1 aliphatic carbocycles. The van der Waals surface area contributed by atoms with Crippen LogP contribution in [0.2, 0.25) is 0 Å². The average Bonchev–Trinajstić information content (AvgIpc) is 2.93. The number of nitrogens with zero attached hydrogens (tertiary/aromatic N) is 1. The van der Waals surface area contributed by atoms with E-state index >= 15 is 0 Å². The maximum absolute atomic E-state index is 5.51. The lowest BCUT2D eigenvalue weighted by Gasteiger charge is -2.09. The number of hydrogen-bond donors (Lipinski definition) is 2. The zero-order chi connectivity index (χ0) is 11.7. The maximum Gasteiger partial charge on any atom is 0.106 e. The highest BCUT2D eigenvalue weighted by Gasteiger charge is 2.20. The van der Waals surface area contributed by atoms with E-state index in [4.69, 9.17) is 10.7 Å². The standard InChI is InChI=1S/C13H17N3S/c14-7-2-1-3-12-15-10-4-5-11-9(6-8-17-11)13(10)16-12/h6,8H,1-5,7,14H2,(H,15,16). The lowest BCUT2D eigenvalue weighted by Crippen LogP contribution is -2.00. The minimum Gasteiger partial charge on any atom is -0.345 e. The van der Waals surface area contributed by atoms with Crippen molar-refractivity contribution in [3.8, 4) is 11.3 Å². The van der Waals surface area contributed by atoms with Crippen LogP contribution in [-0.2, 0) is 19.3 Å². The third kappa shape index (κ3) is 2.03. The van der Waals surface area contributed by atoms with Gasteiger partial charge in [-0.15, -0.1) is 11.3 Å². The molecule has 3 rings (SSSR count). The summed E-state index contributed by atoms with van der Waals surface area (Å²) in [4.78, 5) is 9.71. The van der Waals surface area contributed by atoms with Crippen LogP contribution in [0.5, 0.6) is 0 Å². The van der Waals surface area contributed by atoms with Gasteiger partial charge in [0, 0.05) is 22.6 Å². The lowest BCUT2D eigenvalue weighted by atomic mass is 10.0. The lowest BCUT2D eigenvalue weighted by molar-refractivity contribution is 0.721. The number of aryl methyl sites for hydroxylation is 3. The van der Waals surface area contributed by atoms with Gasteiger partial charge in [-0.2, -0.15) is 0 Å². The van der Waals surface area contributed by atoms with Crippen molar-refractivity contribution >= 4 is 11.3 Å². The Bertz CT molecular complexity index is 512. The molecular formula is C13H17N3S. The summed E-state index contributed by atoms with van der Waals surface area (Å²) in [6, 6.07) is 2.20. The van der Waals surface area contributed by atoms with E-state index in [0.717, 1.165) is 44.5 Å². The fourth-order valence-corrected chi connectivity index (χ4v) is 3.29. The van der Waals surface area contributed by atoms with Gasteiger partial charge >= 0.3 is 0 Å². The maximum atomic E-state index is 5.51. The first kappa shape index (κ1) is 11.0. The molecule has 1 aliphatic rings. The Kier molecular flexibility index (Phi) is 2.99. The van der Waals surface area contributed by atoms with E-state index in [9.17, 15) is 0 Å². The van der Waals surface area contributed by atoms with Crippen LogP contribution in [0.4, 0.5) is 0 Å². The highest BCUT2D eigenvalue weighted by molar-refractivity contribution is 7.10.